The van der Waals surface area contributed by atoms with Gasteiger partial charge in [-0.3, -0.25) is 4.55 Å². The topological polar surface area (TPSA) is 70.1 Å². The predicted octanol–water partition coefficient (Wildman–Crippen LogP) is 4.83. The minimum atomic E-state index is -4.16. The molecule has 0 aromatic heterocycles. The van der Waals surface area contributed by atoms with Crippen molar-refractivity contribution in [2.45, 2.75) is 57.3 Å². The summed E-state index contributed by atoms with van der Waals surface area (Å²) in [6.07, 6.45) is 8.47. The van der Waals surface area contributed by atoms with Crippen molar-refractivity contribution in [2.75, 3.05) is 26.4 Å². The quantitative estimate of drug-likeness (QED) is 0.353. The van der Waals surface area contributed by atoms with Gasteiger partial charge in [0.05, 0.1) is 23.9 Å². The second-order valence-corrected chi connectivity index (χ2v) is 9.44. The van der Waals surface area contributed by atoms with Crippen LogP contribution in [0, 0.1) is 5.92 Å². The first-order valence-electron chi connectivity index (χ1n) is 10.8. The van der Waals surface area contributed by atoms with Crippen LogP contribution in [-0.4, -0.2) is 49.1 Å². The van der Waals surface area contributed by atoms with Gasteiger partial charge in [0.25, 0.3) is 10.1 Å². The average molecular weight is 437 g/mol. The summed E-state index contributed by atoms with van der Waals surface area (Å²) in [6, 6.07) is 6.46. The number of ether oxygens (including phenoxy) is 1. The van der Waals surface area contributed by atoms with E-state index in [1.54, 1.807) is 12.1 Å². The lowest BCUT2D eigenvalue weighted by Crippen LogP contribution is -2.28. The maximum atomic E-state index is 11.2. The Morgan fingerprint density at radius 3 is 2.37 bits per heavy atom. The van der Waals surface area contributed by atoms with Crippen LogP contribution in [0.25, 0.3) is 0 Å². The Balaban J connectivity index is 1.78. The minimum absolute atomic E-state index is 0.0777. The van der Waals surface area contributed by atoms with E-state index >= 15 is 0 Å². The summed E-state index contributed by atoms with van der Waals surface area (Å²) in [6.45, 7) is 14.0. The van der Waals surface area contributed by atoms with Crippen LogP contribution in [0.4, 0.5) is 0 Å². The van der Waals surface area contributed by atoms with Crippen molar-refractivity contribution >= 4 is 10.1 Å². The molecule has 6 nitrogen and oxygen atoms in total. The Kier molecular flexibility index (Phi) is 9.24. The van der Waals surface area contributed by atoms with Crippen molar-refractivity contribution in [2.24, 2.45) is 5.92 Å². The molecule has 1 aromatic rings. The molecule has 30 heavy (non-hydrogen) atoms. The Hall–Kier alpha value is -1.99. The molecular weight excluding hydrogens is 400 g/mol. The molecule has 2 unspecified atom stereocenters. The van der Waals surface area contributed by atoms with Gasteiger partial charge in [-0.1, -0.05) is 45.9 Å². The highest BCUT2D eigenvalue weighted by molar-refractivity contribution is 7.85. The summed E-state index contributed by atoms with van der Waals surface area (Å²) in [5.74, 6) is 1.24. The maximum Gasteiger partial charge on any atom is 0.294 e. The molecule has 168 valence electrons. The van der Waals surface area contributed by atoms with Crippen LogP contribution in [0.1, 0.15) is 57.9 Å². The highest BCUT2D eigenvalue weighted by atomic mass is 32.2. The van der Waals surface area contributed by atoms with E-state index in [-0.39, 0.29) is 16.7 Å². The van der Waals surface area contributed by atoms with E-state index in [0.717, 1.165) is 43.9 Å². The van der Waals surface area contributed by atoms with Gasteiger partial charge < -0.3 is 14.5 Å². The summed E-state index contributed by atoms with van der Waals surface area (Å²) in [4.78, 5) is 4.49. The van der Waals surface area contributed by atoms with Crippen LogP contribution in [0.15, 0.2) is 53.9 Å². The summed E-state index contributed by atoms with van der Waals surface area (Å²) < 4.78 is 37.5. The average Bonchev–Trinajstić information content (AvgIpc) is 3.17. The van der Waals surface area contributed by atoms with Gasteiger partial charge in [-0.05, 0) is 42.9 Å². The first kappa shape index (κ1) is 24.3. The van der Waals surface area contributed by atoms with Crippen molar-refractivity contribution in [1.82, 2.24) is 9.80 Å². The van der Waals surface area contributed by atoms with E-state index in [0.29, 0.717) is 6.61 Å². The number of hydrogen-bond donors (Lipinski definition) is 1. The minimum Gasteiger partial charge on any atom is -0.496 e. The van der Waals surface area contributed by atoms with Gasteiger partial charge in [0.1, 0.15) is 6.61 Å². The summed E-state index contributed by atoms with van der Waals surface area (Å²) in [5.41, 5.74) is 1.05. The standard InChI is InChI=1S/C23H36N2O4S/c1-5-7-12-24-13-14-25(18-24)15-16-29-20(4)19(3)17-21(6-2)22-8-10-23(11-9-22)30(26,27)28/h8-11,13-14,19,21H,4-7,12,15-18H2,1-3H3,(H,26,27,28). The van der Waals surface area contributed by atoms with Crippen molar-refractivity contribution in [3.05, 3.63) is 54.6 Å². The molecule has 2 rings (SSSR count). The van der Waals surface area contributed by atoms with Crippen molar-refractivity contribution in [3.8, 4) is 0 Å². The number of rotatable bonds is 13. The van der Waals surface area contributed by atoms with Crippen LogP contribution >= 0.6 is 0 Å². The Labute approximate surface area is 182 Å². The SMILES string of the molecule is C=C(OCCN1C=CN(CCCC)C1)C(C)CC(CC)c1ccc(S(=O)(=O)O)cc1. The highest BCUT2D eigenvalue weighted by Crippen LogP contribution is 2.30. The molecule has 0 saturated carbocycles. The molecular formula is C23H36N2O4S. The van der Waals surface area contributed by atoms with E-state index in [1.807, 2.05) is 0 Å². The first-order valence-corrected chi connectivity index (χ1v) is 12.2. The largest absolute Gasteiger partial charge is 0.496 e. The Morgan fingerprint density at radius 2 is 1.80 bits per heavy atom. The van der Waals surface area contributed by atoms with Gasteiger partial charge in [0.2, 0.25) is 0 Å². The van der Waals surface area contributed by atoms with E-state index in [1.165, 1.54) is 25.0 Å². The van der Waals surface area contributed by atoms with E-state index in [9.17, 15) is 8.42 Å². The number of hydrogen-bond acceptors (Lipinski definition) is 5. The molecule has 1 aliphatic rings. The monoisotopic (exact) mass is 436 g/mol. The van der Waals surface area contributed by atoms with Gasteiger partial charge in [-0.15, -0.1) is 0 Å². The molecule has 0 fully saturated rings. The first-order chi connectivity index (χ1) is 14.2. The van der Waals surface area contributed by atoms with E-state index in [4.69, 9.17) is 9.29 Å². The van der Waals surface area contributed by atoms with Gasteiger partial charge in [0, 0.05) is 24.9 Å². The predicted molar refractivity (Wildman–Crippen MR) is 120 cm³/mol. The Bertz CT molecular complexity index is 805. The van der Waals surface area contributed by atoms with Crippen molar-refractivity contribution < 1.29 is 17.7 Å². The van der Waals surface area contributed by atoms with E-state index in [2.05, 4.69) is 49.5 Å². The molecule has 2 atom stereocenters. The van der Waals surface area contributed by atoms with Crippen molar-refractivity contribution in [1.29, 1.82) is 0 Å². The molecule has 0 aliphatic carbocycles. The van der Waals surface area contributed by atoms with Gasteiger partial charge in [-0.25, -0.2) is 0 Å². The molecule has 1 aromatic carbocycles. The van der Waals surface area contributed by atoms with Crippen LogP contribution in [-0.2, 0) is 14.9 Å². The molecule has 0 saturated heterocycles. The second kappa shape index (κ2) is 11.4. The van der Waals surface area contributed by atoms with Crippen LogP contribution in [0.5, 0.6) is 0 Å². The number of unbranched alkanes of at least 4 members (excludes halogenated alkanes) is 1. The molecule has 0 amide bonds. The zero-order chi connectivity index (χ0) is 22.1. The summed E-state index contributed by atoms with van der Waals surface area (Å²) in [7, 11) is -4.16. The second-order valence-electron chi connectivity index (χ2n) is 8.02. The third-order valence-corrected chi connectivity index (χ3v) is 6.51. The van der Waals surface area contributed by atoms with Gasteiger partial charge in [0.15, 0.2) is 0 Å². The lowest BCUT2D eigenvalue weighted by Gasteiger charge is -2.24. The highest BCUT2D eigenvalue weighted by Gasteiger charge is 2.18. The number of benzene rings is 1. The fourth-order valence-corrected chi connectivity index (χ4v) is 4.09. The summed E-state index contributed by atoms with van der Waals surface area (Å²) in [5, 5.41) is 0. The lowest BCUT2D eigenvalue weighted by molar-refractivity contribution is 0.144. The molecule has 1 aliphatic heterocycles. The third kappa shape index (κ3) is 7.36. The smallest absolute Gasteiger partial charge is 0.294 e. The maximum absolute atomic E-state index is 11.2. The van der Waals surface area contributed by atoms with Crippen LogP contribution in [0.2, 0.25) is 0 Å². The third-order valence-electron chi connectivity index (χ3n) is 5.65. The summed E-state index contributed by atoms with van der Waals surface area (Å²) >= 11 is 0. The number of allylic oxidation sites excluding steroid dienone is 1. The van der Waals surface area contributed by atoms with Crippen molar-refractivity contribution in [3.63, 3.8) is 0 Å². The number of nitrogens with zero attached hydrogens (tertiary/aromatic N) is 2. The van der Waals surface area contributed by atoms with Gasteiger partial charge >= 0.3 is 0 Å². The fourth-order valence-electron chi connectivity index (χ4n) is 3.61. The molecule has 1 heterocycles. The molecule has 0 spiro atoms. The zero-order valence-electron chi connectivity index (χ0n) is 18.5. The normalized spacial score (nSPS) is 16.0. The lowest BCUT2D eigenvalue weighted by atomic mass is 9.87. The van der Waals surface area contributed by atoms with Crippen LogP contribution < -0.4 is 0 Å². The van der Waals surface area contributed by atoms with Gasteiger partial charge in [-0.2, -0.15) is 8.42 Å². The molecule has 7 heteroatoms. The molecule has 0 bridgehead atoms. The van der Waals surface area contributed by atoms with E-state index < -0.39 is 10.1 Å². The fraction of sp³-hybridized carbons (Fsp3) is 0.565. The van der Waals surface area contributed by atoms with Crippen LogP contribution in [0.3, 0.4) is 0 Å². The molecule has 1 N–H and O–H groups in total. The molecule has 0 radical (unpaired) electrons. The Morgan fingerprint density at radius 1 is 1.17 bits per heavy atom. The zero-order valence-corrected chi connectivity index (χ0v) is 19.3.